The number of hydrogen-bond donors (Lipinski definition) is 2. The van der Waals surface area contributed by atoms with Crippen LogP contribution in [0.15, 0.2) is 36.4 Å². The van der Waals surface area contributed by atoms with Gasteiger partial charge in [0.15, 0.2) is 0 Å². The van der Waals surface area contributed by atoms with Crippen LogP contribution in [0.3, 0.4) is 0 Å². The Morgan fingerprint density at radius 2 is 1.78 bits per heavy atom. The Morgan fingerprint density at radius 3 is 2.52 bits per heavy atom. The van der Waals surface area contributed by atoms with E-state index in [4.69, 9.17) is 5.73 Å². The van der Waals surface area contributed by atoms with E-state index in [2.05, 4.69) is 4.98 Å². The van der Waals surface area contributed by atoms with Crippen LogP contribution in [0.2, 0.25) is 0 Å². The summed E-state index contributed by atoms with van der Waals surface area (Å²) in [5.41, 5.74) is 7.44. The average Bonchev–Trinajstić information content (AvgIpc) is 2.88. The summed E-state index contributed by atoms with van der Waals surface area (Å²) < 4.78 is 41.4. The summed E-state index contributed by atoms with van der Waals surface area (Å²) in [6.07, 6.45) is 2.29. The predicted molar refractivity (Wildman–Crippen MR) is 85.6 cm³/mol. The first-order valence-electron chi connectivity index (χ1n) is 7.56. The highest BCUT2D eigenvalue weighted by molar-refractivity contribution is 5.91. The maximum Gasteiger partial charge on any atom is 0.147 e. The minimum atomic E-state index is -0.669. The van der Waals surface area contributed by atoms with Crippen molar-refractivity contribution in [3.63, 3.8) is 0 Å². The average molecular weight is 318 g/mol. The number of hydrogen-bond acceptors (Lipinski definition) is 1. The number of H-pyrrole nitrogens is 1. The van der Waals surface area contributed by atoms with Gasteiger partial charge >= 0.3 is 0 Å². The monoisotopic (exact) mass is 318 g/mol. The minimum absolute atomic E-state index is 0.241. The molecule has 0 amide bonds. The van der Waals surface area contributed by atoms with Crippen molar-refractivity contribution >= 4 is 10.9 Å². The quantitative estimate of drug-likeness (QED) is 0.667. The lowest BCUT2D eigenvalue weighted by Crippen LogP contribution is -1.99. The van der Waals surface area contributed by atoms with Crippen molar-refractivity contribution < 1.29 is 13.2 Å². The standard InChI is InChI=1S/C18H17F3N2/c19-11-7-8-14(16(21)10-11)17-12(4-1-2-9-22)13-5-3-6-15(20)18(13)23-17/h3,5-8,10,23H,1-2,4,9,22H2. The lowest BCUT2D eigenvalue weighted by Gasteiger charge is -2.06. The van der Waals surface area contributed by atoms with Gasteiger partial charge in [-0.25, -0.2) is 13.2 Å². The molecule has 0 saturated heterocycles. The lowest BCUT2D eigenvalue weighted by atomic mass is 10.00. The second-order valence-corrected chi connectivity index (χ2v) is 5.51. The lowest BCUT2D eigenvalue weighted by molar-refractivity contribution is 0.585. The molecule has 0 aliphatic rings. The maximum atomic E-state index is 14.2. The number of halogens is 3. The molecule has 3 N–H and O–H groups in total. The largest absolute Gasteiger partial charge is 0.352 e. The van der Waals surface area contributed by atoms with Crippen molar-refractivity contribution in [2.45, 2.75) is 19.3 Å². The van der Waals surface area contributed by atoms with E-state index in [1.807, 2.05) is 0 Å². The number of benzene rings is 2. The summed E-state index contributed by atoms with van der Waals surface area (Å²) in [7, 11) is 0. The van der Waals surface area contributed by atoms with Crippen LogP contribution in [-0.4, -0.2) is 11.5 Å². The number of nitrogens with two attached hydrogens (primary N) is 1. The first-order chi connectivity index (χ1) is 11.1. The Bertz CT molecular complexity index is 840. The van der Waals surface area contributed by atoms with Crippen LogP contribution in [0.1, 0.15) is 18.4 Å². The molecule has 5 heteroatoms. The number of aromatic nitrogens is 1. The van der Waals surface area contributed by atoms with E-state index in [-0.39, 0.29) is 5.56 Å². The second-order valence-electron chi connectivity index (χ2n) is 5.51. The smallest absolute Gasteiger partial charge is 0.147 e. The molecular formula is C18H17F3N2. The Hall–Kier alpha value is -2.27. The van der Waals surface area contributed by atoms with Crippen LogP contribution in [0, 0.1) is 17.5 Å². The second kappa shape index (κ2) is 6.46. The number of nitrogens with one attached hydrogen (secondary N) is 1. The van der Waals surface area contributed by atoms with Gasteiger partial charge in [-0.1, -0.05) is 12.1 Å². The Morgan fingerprint density at radius 1 is 0.957 bits per heavy atom. The summed E-state index contributed by atoms with van der Waals surface area (Å²) in [4.78, 5) is 2.97. The van der Waals surface area contributed by atoms with Gasteiger partial charge in [0, 0.05) is 17.0 Å². The van der Waals surface area contributed by atoms with Crippen molar-refractivity contribution in [3.8, 4) is 11.3 Å². The van der Waals surface area contributed by atoms with Crippen LogP contribution in [-0.2, 0) is 6.42 Å². The predicted octanol–water partition coefficient (Wildman–Crippen LogP) is 4.53. The number of fused-ring (bicyclic) bond motifs is 1. The molecule has 0 aliphatic heterocycles. The fraction of sp³-hybridized carbons (Fsp3) is 0.222. The maximum absolute atomic E-state index is 14.2. The normalized spacial score (nSPS) is 11.3. The summed E-state index contributed by atoms with van der Waals surface area (Å²) in [5, 5.41) is 0.723. The molecular weight excluding hydrogens is 301 g/mol. The first kappa shape index (κ1) is 15.6. The highest BCUT2D eigenvalue weighted by atomic mass is 19.1. The van der Waals surface area contributed by atoms with Crippen LogP contribution in [0.25, 0.3) is 22.2 Å². The SMILES string of the molecule is NCCCCc1c(-c2ccc(F)cc2F)[nH]c2c(F)cccc12. The molecule has 0 bridgehead atoms. The summed E-state index contributed by atoms with van der Waals surface area (Å²) >= 11 is 0. The van der Waals surface area contributed by atoms with E-state index >= 15 is 0 Å². The van der Waals surface area contributed by atoms with Crippen molar-refractivity contribution in [2.24, 2.45) is 5.73 Å². The number of para-hydroxylation sites is 1. The number of aryl methyl sites for hydroxylation is 1. The molecule has 0 aliphatic carbocycles. The minimum Gasteiger partial charge on any atom is -0.352 e. The fourth-order valence-corrected chi connectivity index (χ4v) is 2.87. The van der Waals surface area contributed by atoms with Gasteiger partial charge in [0.05, 0.1) is 11.2 Å². The van der Waals surface area contributed by atoms with Gasteiger partial charge in [-0.15, -0.1) is 0 Å². The van der Waals surface area contributed by atoms with Crippen molar-refractivity contribution in [2.75, 3.05) is 6.54 Å². The molecule has 3 aromatic rings. The van der Waals surface area contributed by atoms with E-state index in [0.29, 0.717) is 24.2 Å². The number of rotatable bonds is 5. The van der Waals surface area contributed by atoms with E-state index in [0.717, 1.165) is 29.9 Å². The summed E-state index contributed by atoms with van der Waals surface area (Å²) in [5.74, 6) is -1.70. The highest BCUT2D eigenvalue weighted by Crippen LogP contribution is 2.34. The third kappa shape index (κ3) is 2.97. The van der Waals surface area contributed by atoms with Crippen molar-refractivity contribution in [1.29, 1.82) is 0 Å². The van der Waals surface area contributed by atoms with E-state index < -0.39 is 17.5 Å². The van der Waals surface area contributed by atoms with Gasteiger partial charge in [-0.3, -0.25) is 0 Å². The molecule has 3 rings (SSSR count). The van der Waals surface area contributed by atoms with Crippen LogP contribution in [0.5, 0.6) is 0 Å². The van der Waals surface area contributed by atoms with Crippen LogP contribution in [0.4, 0.5) is 13.2 Å². The third-order valence-corrected chi connectivity index (χ3v) is 3.97. The molecule has 23 heavy (non-hydrogen) atoms. The molecule has 0 saturated carbocycles. The van der Waals surface area contributed by atoms with Gasteiger partial charge in [0.2, 0.25) is 0 Å². The number of unbranched alkanes of at least 4 members (excludes halogenated alkanes) is 1. The fourth-order valence-electron chi connectivity index (χ4n) is 2.87. The van der Waals surface area contributed by atoms with Crippen molar-refractivity contribution in [3.05, 3.63) is 59.4 Å². The Kier molecular flexibility index (Phi) is 4.39. The first-order valence-corrected chi connectivity index (χ1v) is 7.56. The van der Waals surface area contributed by atoms with Gasteiger partial charge in [-0.05, 0) is 49.6 Å². The van der Waals surface area contributed by atoms with Gasteiger partial charge < -0.3 is 10.7 Å². The Labute approximate surface area is 132 Å². The molecule has 1 aromatic heterocycles. The molecule has 0 spiro atoms. The molecule has 2 nitrogen and oxygen atoms in total. The molecule has 0 radical (unpaired) electrons. The van der Waals surface area contributed by atoms with Crippen LogP contribution < -0.4 is 5.73 Å². The Balaban J connectivity index is 2.17. The zero-order valence-electron chi connectivity index (χ0n) is 12.5. The van der Waals surface area contributed by atoms with E-state index in [1.165, 1.54) is 18.2 Å². The zero-order chi connectivity index (χ0) is 16.4. The molecule has 0 unspecified atom stereocenters. The van der Waals surface area contributed by atoms with Gasteiger partial charge in [0.1, 0.15) is 17.5 Å². The molecule has 1 heterocycles. The third-order valence-electron chi connectivity index (χ3n) is 3.97. The molecule has 120 valence electrons. The highest BCUT2D eigenvalue weighted by Gasteiger charge is 2.18. The van der Waals surface area contributed by atoms with Gasteiger partial charge in [0.25, 0.3) is 0 Å². The summed E-state index contributed by atoms with van der Waals surface area (Å²) in [6.45, 7) is 0.566. The van der Waals surface area contributed by atoms with E-state index in [1.54, 1.807) is 12.1 Å². The van der Waals surface area contributed by atoms with Gasteiger partial charge in [-0.2, -0.15) is 0 Å². The topological polar surface area (TPSA) is 41.8 Å². The van der Waals surface area contributed by atoms with E-state index in [9.17, 15) is 13.2 Å². The number of aromatic amines is 1. The zero-order valence-corrected chi connectivity index (χ0v) is 12.5. The summed E-state index contributed by atoms with van der Waals surface area (Å²) in [6, 6.07) is 8.19. The van der Waals surface area contributed by atoms with Crippen molar-refractivity contribution in [1.82, 2.24) is 4.98 Å². The van der Waals surface area contributed by atoms with Crippen LogP contribution >= 0.6 is 0 Å². The molecule has 0 fully saturated rings. The molecule has 0 atom stereocenters. The molecule has 2 aromatic carbocycles.